The van der Waals surface area contributed by atoms with Crippen LogP contribution in [0.1, 0.15) is 16.6 Å². The van der Waals surface area contributed by atoms with Crippen molar-refractivity contribution in [2.75, 3.05) is 10.6 Å². The molecule has 19 heavy (non-hydrogen) atoms. The summed E-state index contributed by atoms with van der Waals surface area (Å²) in [7, 11) is 0. The smallest absolute Gasteiger partial charge is 0.265 e. The molecule has 2 aromatic rings. The van der Waals surface area contributed by atoms with Crippen molar-refractivity contribution in [3.63, 3.8) is 0 Å². The van der Waals surface area contributed by atoms with Gasteiger partial charge in [0.15, 0.2) is 0 Å². The summed E-state index contributed by atoms with van der Waals surface area (Å²) >= 11 is 5.50. The molecule has 0 fully saturated rings. The van der Waals surface area contributed by atoms with Crippen molar-refractivity contribution >= 4 is 47.2 Å². The molecule has 0 saturated carbocycles. The SMILES string of the molecule is CC(=O)Nc1cccc(NC(=O)c2cc(S)cs2)c1. The number of hydrogen-bond donors (Lipinski definition) is 3. The van der Waals surface area contributed by atoms with Gasteiger partial charge in [-0.3, -0.25) is 9.59 Å². The van der Waals surface area contributed by atoms with Crippen LogP contribution in [-0.2, 0) is 4.79 Å². The molecule has 1 aromatic carbocycles. The van der Waals surface area contributed by atoms with Crippen LogP contribution in [0.2, 0.25) is 0 Å². The van der Waals surface area contributed by atoms with Gasteiger partial charge in [-0.05, 0) is 24.3 Å². The molecule has 4 nitrogen and oxygen atoms in total. The minimum absolute atomic E-state index is 0.151. The summed E-state index contributed by atoms with van der Waals surface area (Å²) < 4.78 is 0. The molecule has 1 heterocycles. The fraction of sp³-hybridized carbons (Fsp3) is 0.0769. The minimum Gasteiger partial charge on any atom is -0.326 e. The van der Waals surface area contributed by atoms with E-state index in [9.17, 15) is 9.59 Å². The number of benzene rings is 1. The van der Waals surface area contributed by atoms with Crippen molar-refractivity contribution in [1.29, 1.82) is 0 Å². The first-order valence-electron chi connectivity index (χ1n) is 5.51. The van der Waals surface area contributed by atoms with Crippen LogP contribution in [0.5, 0.6) is 0 Å². The van der Waals surface area contributed by atoms with Crippen molar-refractivity contribution in [2.24, 2.45) is 0 Å². The second-order valence-electron chi connectivity index (χ2n) is 3.89. The average Bonchev–Trinajstić information content (AvgIpc) is 2.75. The molecule has 2 N–H and O–H groups in total. The van der Waals surface area contributed by atoms with E-state index in [4.69, 9.17) is 0 Å². The highest BCUT2D eigenvalue weighted by molar-refractivity contribution is 7.80. The van der Waals surface area contributed by atoms with Crippen LogP contribution < -0.4 is 10.6 Å². The molecule has 6 heteroatoms. The van der Waals surface area contributed by atoms with E-state index in [1.54, 1.807) is 35.7 Å². The summed E-state index contributed by atoms with van der Waals surface area (Å²) in [6, 6.07) is 8.70. The molecule has 0 atom stereocenters. The summed E-state index contributed by atoms with van der Waals surface area (Å²) in [5.41, 5.74) is 1.27. The van der Waals surface area contributed by atoms with Gasteiger partial charge in [0.25, 0.3) is 5.91 Å². The van der Waals surface area contributed by atoms with Crippen LogP contribution in [0.15, 0.2) is 40.6 Å². The van der Waals surface area contributed by atoms with Crippen LogP contribution in [0.4, 0.5) is 11.4 Å². The van der Waals surface area contributed by atoms with E-state index in [-0.39, 0.29) is 11.8 Å². The average molecular weight is 292 g/mol. The first kappa shape index (κ1) is 13.6. The molecule has 0 radical (unpaired) electrons. The molecule has 1 aromatic heterocycles. The second-order valence-corrected chi connectivity index (χ2v) is 5.31. The van der Waals surface area contributed by atoms with E-state index < -0.39 is 0 Å². The fourth-order valence-electron chi connectivity index (χ4n) is 1.52. The van der Waals surface area contributed by atoms with E-state index in [0.29, 0.717) is 16.3 Å². The van der Waals surface area contributed by atoms with Gasteiger partial charge in [0, 0.05) is 28.6 Å². The van der Waals surface area contributed by atoms with E-state index in [0.717, 1.165) is 4.90 Å². The van der Waals surface area contributed by atoms with E-state index in [1.807, 2.05) is 0 Å². The lowest BCUT2D eigenvalue weighted by Gasteiger charge is -2.06. The highest BCUT2D eigenvalue weighted by Gasteiger charge is 2.08. The zero-order valence-corrected chi connectivity index (χ0v) is 11.8. The number of nitrogens with one attached hydrogen (secondary N) is 2. The maximum absolute atomic E-state index is 11.9. The lowest BCUT2D eigenvalue weighted by Crippen LogP contribution is -2.11. The molecule has 0 bridgehead atoms. The predicted octanol–water partition coefficient (Wildman–Crippen LogP) is 3.25. The normalized spacial score (nSPS) is 10.0. The zero-order valence-electron chi connectivity index (χ0n) is 10.1. The van der Waals surface area contributed by atoms with Crippen molar-refractivity contribution in [3.05, 3.63) is 40.6 Å². The molecule has 98 valence electrons. The van der Waals surface area contributed by atoms with Gasteiger partial charge >= 0.3 is 0 Å². The Morgan fingerprint density at radius 1 is 1.16 bits per heavy atom. The summed E-state index contributed by atoms with van der Waals surface area (Å²) in [6.45, 7) is 1.44. The third-order valence-corrected chi connectivity index (χ3v) is 3.61. The van der Waals surface area contributed by atoms with Gasteiger partial charge < -0.3 is 10.6 Å². The molecule has 2 rings (SSSR count). The van der Waals surface area contributed by atoms with Crippen LogP contribution >= 0.6 is 24.0 Å². The molecular weight excluding hydrogens is 280 g/mol. The molecule has 0 unspecified atom stereocenters. The Kier molecular flexibility index (Phi) is 4.24. The maximum Gasteiger partial charge on any atom is 0.265 e. The minimum atomic E-state index is -0.190. The second kappa shape index (κ2) is 5.90. The number of amides is 2. The van der Waals surface area contributed by atoms with E-state index in [1.165, 1.54) is 18.3 Å². The molecule has 0 aliphatic carbocycles. The summed E-state index contributed by atoms with van der Waals surface area (Å²) in [4.78, 5) is 24.3. The molecule has 0 aliphatic heterocycles. The van der Waals surface area contributed by atoms with Gasteiger partial charge in [0.1, 0.15) is 0 Å². The molecule has 2 amide bonds. The van der Waals surface area contributed by atoms with Crippen molar-refractivity contribution in [1.82, 2.24) is 0 Å². The number of carbonyl (C=O) groups excluding carboxylic acids is 2. The number of anilines is 2. The Hall–Kier alpha value is -1.79. The zero-order chi connectivity index (χ0) is 13.8. The standard InChI is InChI=1S/C13H12N2O2S2/c1-8(16)14-9-3-2-4-10(5-9)15-13(17)12-6-11(18)7-19-12/h2-7,18H,1H3,(H,14,16)(H,15,17). The Morgan fingerprint density at radius 3 is 2.42 bits per heavy atom. The highest BCUT2D eigenvalue weighted by atomic mass is 32.1. The van der Waals surface area contributed by atoms with Crippen molar-refractivity contribution in [3.8, 4) is 0 Å². The van der Waals surface area contributed by atoms with E-state index in [2.05, 4.69) is 23.3 Å². The third-order valence-electron chi connectivity index (χ3n) is 2.25. The Labute approximate surface area is 120 Å². The van der Waals surface area contributed by atoms with Crippen LogP contribution in [0, 0.1) is 0 Å². The lowest BCUT2D eigenvalue weighted by atomic mass is 10.2. The number of thiol groups is 1. The van der Waals surface area contributed by atoms with Gasteiger partial charge in [-0.25, -0.2) is 0 Å². The summed E-state index contributed by atoms with van der Waals surface area (Å²) in [6.07, 6.45) is 0. The molecule has 0 spiro atoms. The Morgan fingerprint density at radius 2 is 1.84 bits per heavy atom. The van der Waals surface area contributed by atoms with Crippen LogP contribution in [0.25, 0.3) is 0 Å². The van der Waals surface area contributed by atoms with Gasteiger partial charge in [-0.1, -0.05) is 6.07 Å². The van der Waals surface area contributed by atoms with E-state index >= 15 is 0 Å². The monoisotopic (exact) mass is 292 g/mol. The number of carbonyl (C=O) groups is 2. The van der Waals surface area contributed by atoms with Crippen LogP contribution in [0.3, 0.4) is 0 Å². The molecule has 0 saturated heterocycles. The predicted molar refractivity (Wildman–Crippen MR) is 80.3 cm³/mol. The van der Waals surface area contributed by atoms with Crippen LogP contribution in [-0.4, -0.2) is 11.8 Å². The molecule has 0 aliphatic rings. The molecular formula is C13H12N2O2S2. The first-order valence-corrected chi connectivity index (χ1v) is 6.84. The lowest BCUT2D eigenvalue weighted by molar-refractivity contribution is -0.114. The topological polar surface area (TPSA) is 58.2 Å². The number of thiophene rings is 1. The van der Waals surface area contributed by atoms with Crippen molar-refractivity contribution in [2.45, 2.75) is 11.8 Å². The van der Waals surface area contributed by atoms with Gasteiger partial charge in [0.05, 0.1) is 4.88 Å². The third kappa shape index (κ3) is 3.84. The first-order chi connectivity index (χ1) is 9.04. The Balaban J connectivity index is 2.10. The number of rotatable bonds is 3. The fourth-order valence-corrected chi connectivity index (χ4v) is 2.56. The maximum atomic E-state index is 11.9. The van der Waals surface area contributed by atoms with Gasteiger partial charge in [0.2, 0.25) is 5.91 Å². The Bertz CT molecular complexity index is 623. The summed E-state index contributed by atoms with van der Waals surface area (Å²) in [5.74, 6) is -0.341. The van der Waals surface area contributed by atoms with Crippen molar-refractivity contribution < 1.29 is 9.59 Å². The largest absolute Gasteiger partial charge is 0.326 e. The van der Waals surface area contributed by atoms with Gasteiger partial charge in [-0.2, -0.15) is 0 Å². The number of hydrogen-bond acceptors (Lipinski definition) is 4. The van der Waals surface area contributed by atoms with Gasteiger partial charge in [-0.15, -0.1) is 24.0 Å². The quantitative estimate of drug-likeness (QED) is 0.761. The highest BCUT2D eigenvalue weighted by Crippen LogP contribution is 2.20. The summed E-state index contributed by atoms with van der Waals surface area (Å²) in [5, 5.41) is 7.23.